The van der Waals surface area contributed by atoms with E-state index in [9.17, 15) is 4.79 Å². The highest BCUT2D eigenvalue weighted by Crippen LogP contribution is 2.26. The number of rotatable bonds is 4. The van der Waals surface area contributed by atoms with Gasteiger partial charge in [0.1, 0.15) is 12.4 Å². The van der Waals surface area contributed by atoms with Crippen LogP contribution < -0.4 is 16.0 Å². The molecule has 0 radical (unpaired) electrons. The number of benzene rings is 1. The largest absolute Gasteiger partial charge is 0.487 e. The average molecular weight is 350 g/mol. The second kappa shape index (κ2) is 6.69. The van der Waals surface area contributed by atoms with E-state index in [0.29, 0.717) is 12.2 Å². The number of pyridine rings is 1. The molecule has 0 aliphatic rings. The van der Waals surface area contributed by atoms with Gasteiger partial charge in [-0.15, -0.1) is 0 Å². The molecule has 0 bridgehead atoms. The Bertz CT molecular complexity index is 633. The third kappa shape index (κ3) is 3.80. The second-order valence-electron chi connectivity index (χ2n) is 4.67. The molecule has 0 spiro atoms. The lowest BCUT2D eigenvalue weighted by molar-refractivity contribution is 0.0953. The van der Waals surface area contributed by atoms with Crippen LogP contribution in [0.15, 0.2) is 34.9 Å². The van der Waals surface area contributed by atoms with Gasteiger partial charge in [0.05, 0.1) is 11.3 Å². The third-order valence-corrected chi connectivity index (χ3v) is 4.27. The van der Waals surface area contributed by atoms with Gasteiger partial charge in [0.15, 0.2) is 0 Å². The van der Waals surface area contributed by atoms with Crippen LogP contribution in [0.1, 0.15) is 27.2 Å². The summed E-state index contributed by atoms with van der Waals surface area (Å²) in [4.78, 5) is 15.5. The van der Waals surface area contributed by atoms with Crippen LogP contribution in [0.4, 0.5) is 0 Å². The Labute approximate surface area is 131 Å². The van der Waals surface area contributed by atoms with Crippen LogP contribution >= 0.6 is 15.9 Å². The minimum atomic E-state index is -0.367. The van der Waals surface area contributed by atoms with Gasteiger partial charge in [0.2, 0.25) is 0 Å². The van der Waals surface area contributed by atoms with Crippen LogP contribution in [-0.2, 0) is 6.61 Å². The van der Waals surface area contributed by atoms with Crippen molar-refractivity contribution in [1.29, 1.82) is 0 Å². The maximum Gasteiger partial charge on any atom is 0.266 e. The molecule has 0 aliphatic carbocycles. The van der Waals surface area contributed by atoms with Gasteiger partial charge in [0.25, 0.3) is 5.91 Å². The van der Waals surface area contributed by atoms with Gasteiger partial charge < -0.3 is 4.74 Å². The smallest absolute Gasteiger partial charge is 0.266 e. The highest BCUT2D eigenvalue weighted by molar-refractivity contribution is 9.10. The fraction of sp³-hybridized carbons (Fsp3) is 0.200. The van der Waals surface area contributed by atoms with Gasteiger partial charge in [-0.25, -0.2) is 5.84 Å². The Hall–Kier alpha value is -1.92. The normalized spacial score (nSPS) is 10.3. The summed E-state index contributed by atoms with van der Waals surface area (Å²) in [5, 5.41) is 0. The first-order valence-electron chi connectivity index (χ1n) is 6.36. The quantitative estimate of drug-likeness (QED) is 0.505. The fourth-order valence-corrected chi connectivity index (χ4v) is 2.10. The first kappa shape index (κ1) is 15.5. The van der Waals surface area contributed by atoms with Crippen molar-refractivity contribution in [2.24, 2.45) is 5.84 Å². The van der Waals surface area contributed by atoms with Gasteiger partial charge in [-0.1, -0.05) is 15.9 Å². The number of nitrogens with zero attached hydrogens (tertiary/aromatic N) is 1. The molecule has 1 heterocycles. The Morgan fingerprint density at radius 1 is 1.33 bits per heavy atom. The molecule has 6 heteroatoms. The number of hydrogen-bond donors (Lipinski definition) is 2. The van der Waals surface area contributed by atoms with Crippen molar-refractivity contribution in [3.63, 3.8) is 0 Å². The van der Waals surface area contributed by atoms with Gasteiger partial charge in [-0.2, -0.15) is 0 Å². The Morgan fingerprint density at radius 2 is 2.00 bits per heavy atom. The number of nitrogens with one attached hydrogen (secondary N) is 1. The van der Waals surface area contributed by atoms with Crippen molar-refractivity contribution >= 4 is 21.8 Å². The standard InChI is InChI=1S/C15H16BrN3O2/c1-9-5-13(6-10(2)14(9)16)21-8-12-4-3-11(7-18-12)15(20)19-17/h3-7H,8,17H2,1-2H3,(H,19,20). The van der Waals surface area contributed by atoms with E-state index in [1.54, 1.807) is 12.1 Å². The summed E-state index contributed by atoms with van der Waals surface area (Å²) >= 11 is 3.52. The molecule has 2 rings (SSSR count). The molecule has 0 saturated heterocycles. The first-order valence-corrected chi connectivity index (χ1v) is 7.16. The molecule has 110 valence electrons. The topological polar surface area (TPSA) is 77.2 Å². The molecular weight excluding hydrogens is 334 g/mol. The molecule has 1 aromatic carbocycles. The molecule has 1 aromatic heterocycles. The number of hydrogen-bond acceptors (Lipinski definition) is 4. The predicted molar refractivity (Wildman–Crippen MR) is 83.8 cm³/mol. The zero-order valence-corrected chi connectivity index (χ0v) is 13.4. The van der Waals surface area contributed by atoms with Gasteiger partial charge >= 0.3 is 0 Å². The van der Waals surface area contributed by atoms with Gasteiger partial charge in [-0.05, 0) is 49.2 Å². The molecule has 2 aromatic rings. The molecule has 21 heavy (non-hydrogen) atoms. The summed E-state index contributed by atoms with van der Waals surface area (Å²) in [6.07, 6.45) is 1.47. The van der Waals surface area contributed by atoms with Crippen LogP contribution in [0.2, 0.25) is 0 Å². The number of nitrogens with two attached hydrogens (primary N) is 1. The van der Waals surface area contributed by atoms with E-state index in [0.717, 1.165) is 27.0 Å². The maximum atomic E-state index is 11.3. The van der Waals surface area contributed by atoms with E-state index in [1.165, 1.54) is 6.20 Å². The minimum absolute atomic E-state index is 0.338. The summed E-state index contributed by atoms with van der Waals surface area (Å²) in [5.74, 6) is 5.49. The van der Waals surface area contributed by atoms with E-state index in [-0.39, 0.29) is 5.91 Å². The molecule has 0 fully saturated rings. The number of amides is 1. The fourth-order valence-electron chi connectivity index (χ4n) is 1.87. The van der Waals surface area contributed by atoms with E-state index in [2.05, 4.69) is 26.3 Å². The van der Waals surface area contributed by atoms with Crippen LogP contribution in [0.5, 0.6) is 5.75 Å². The maximum absolute atomic E-state index is 11.3. The zero-order valence-electron chi connectivity index (χ0n) is 11.8. The van der Waals surface area contributed by atoms with Crippen molar-refractivity contribution in [3.8, 4) is 5.75 Å². The number of aryl methyl sites for hydroxylation is 2. The molecular formula is C15H16BrN3O2. The summed E-state index contributed by atoms with van der Waals surface area (Å²) in [6.45, 7) is 4.37. The number of ether oxygens (including phenoxy) is 1. The monoisotopic (exact) mass is 349 g/mol. The Balaban J connectivity index is 2.05. The van der Waals surface area contributed by atoms with Crippen LogP contribution in [0, 0.1) is 13.8 Å². The van der Waals surface area contributed by atoms with E-state index in [4.69, 9.17) is 10.6 Å². The number of halogens is 1. The molecule has 0 saturated carbocycles. The van der Waals surface area contributed by atoms with Crippen molar-refractivity contribution in [2.75, 3.05) is 0 Å². The lowest BCUT2D eigenvalue weighted by Gasteiger charge is -2.10. The van der Waals surface area contributed by atoms with Gasteiger partial charge in [0, 0.05) is 10.7 Å². The number of carbonyl (C=O) groups excluding carboxylic acids is 1. The highest BCUT2D eigenvalue weighted by Gasteiger charge is 2.06. The van der Waals surface area contributed by atoms with Crippen molar-refractivity contribution in [3.05, 3.63) is 57.3 Å². The second-order valence-corrected chi connectivity index (χ2v) is 5.46. The van der Waals surface area contributed by atoms with Crippen LogP contribution in [0.3, 0.4) is 0 Å². The molecule has 3 N–H and O–H groups in total. The first-order chi connectivity index (χ1) is 10.0. The Morgan fingerprint density at radius 3 is 2.52 bits per heavy atom. The summed E-state index contributed by atoms with van der Waals surface area (Å²) in [6, 6.07) is 7.33. The number of nitrogen functional groups attached to an aromatic ring is 1. The molecule has 5 nitrogen and oxygen atoms in total. The molecule has 1 amide bonds. The Kier molecular flexibility index (Phi) is 4.93. The summed E-state index contributed by atoms with van der Waals surface area (Å²) in [7, 11) is 0. The van der Waals surface area contributed by atoms with Crippen LogP contribution in [0.25, 0.3) is 0 Å². The van der Waals surface area contributed by atoms with Crippen molar-refractivity contribution in [2.45, 2.75) is 20.5 Å². The molecule has 0 aliphatic heterocycles. The number of aromatic nitrogens is 1. The zero-order chi connectivity index (χ0) is 15.4. The van der Waals surface area contributed by atoms with Crippen LogP contribution in [-0.4, -0.2) is 10.9 Å². The summed E-state index contributed by atoms with van der Waals surface area (Å²) in [5.41, 5.74) is 5.45. The van der Waals surface area contributed by atoms with Crippen molar-refractivity contribution in [1.82, 2.24) is 10.4 Å². The SMILES string of the molecule is Cc1cc(OCc2ccc(C(=O)NN)cn2)cc(C)c1Br. The van der Waals surface area contributed by atoms with E-state index < -0.39 is 0 Å². The highest BCUT2D eigenvalue weighted by atomic mass is 79.9. The lowest BCUT2D eigenvalue weighted by Crippen LogP contribution is -2.30. The number of hydrazine groups is 1. The third-order valence-electron chi connectivity index (χ3n) is 3.01. The molecule has 0 unspecified atom stereocenters. The average Bonchev–Trinajstić information content (AvgIpc) is 2.50. The van der Waals surface area contributed by atoms with Crippen molar-refractivity contribution < 1.29 is 9.53 Å². The van der Waals surface area contributed by atoms with Gasteiger partial charge in [-0.3, -0.25) is 15.2 Å². The summed E-state index contributed by atoms with van der Waals surface area (Å²) < 4.78 is 6.81. The number of carbonyl (C=O) groups is 1. The predicted octanol–water partition coefficient (Wildman–Crippen LogP) is 2.64. The molecule has 0 atom stereocenters. The van der Waals surface area contributed by atoms with E-state index in [1.807, 2.05) is 26.0 Å². The van der Waals surface area contributed by atoms with E-state index >= 15 is 0 Å². The minimum Gasteiger partial charge on any atom is -0.487 e. The lowest BCUT2D eigenvalue weighted by atomic mass is 10.1.